The van der Waals surface area contributed by atoms with E-state index in [0.717, 1.165) is 35.5 Å². The summed E-state index contributed by atoms with van der Waals surface area (Å²) in [6.07, 6.45) is 2.14. The molecule has 0 fully saturated rings. The van der Waals surface area contributed by atoms with E-state index in [9.17, 15) is 4.79 Å². The van der Waals surface area contributed by atoms with Gasteiger partial charge in [0.25, 0.3) is 0 Å². The number of rotatable bonds is 15. The van der Waals surface area contributed by atoms with Crippen molar-refractivity contribution in [1.82, 2.24) is 0 Å². The average Bonchev–Trinajstić information content (AvgIpc) is 2.84. The quantitative estimate of drug-likeness (QED) is 0.182. The van der Waals surface area contributed by atoms with Gasteiger partial charge in [0.15, 0.2) is 12.6 Å². The second kappa shape index (κ2) is 14.4. The Labute approximate surface area is 223 Å². The molecule has 2 aromatic rings. The van der Waals surface area contributed by atoms with Gasteiger partial charge in [-0.1, -0.05) is 45.0 Å². The standard InChI is InChI=1S/C31H46O6/c1-9-21-33-23(3)35-27-15-11-25(12-16-27)31(8,20-19-29(32)37-30(5,6)7)26-13-17-28(18-14-26)36-24(4)34-22-10-2/h11-18,23-24H,9-10,19-22H2,1-8H3. The van der Waals surface area contributed by atoms with E-state index in [0.29, 0.717) is 26.1 Å². The van der Waals surface area contributed by atoms with Gasteiger partial charge in [0.1, 0.15) is 17.1 Å². The van der Waals surface area contributed by atoms with E-state index in [4.69, 9.17) is 23.7 Å². The summed E-state index contributed by atoms with van der Waals surface area (Å²) in [5.74, 6) is 1.28. The Morgan fingerprint density at radius 3 is 1.49 bits per heavy atom. The van der Waals surface area contributed by atoms with Crippen molar-refractivity contribution in [2.24, 2.45) is 0 Å². The van der Waals surface area contributed by atoms with Gasteiger partial charge in [-0.25, -0.2) is 0 Å². The molecular formula is C31H46O6. The highest BCUT2D eigenvalue weighted by Crippen LogP contribution is 2.38. The molecule has 37 heavy (non-hydrogen) atoms. The van der Waals surface area contributed by atoms with Gasteiger partial charge >= 0.3 is 5.97 Å². The topological polar surface area (TPSA) is 63.2 Å². The van der Waals surface area contributed by atoms with E-state index < -0.39 is 11.0 Å². The summed E-state index contributed by atoms with van der Waals surface area (Å²) in [7, 11) is 0. The second-order valence-electron chi connectivity index (χ2n) is 10.6. The molecular weight excluding hydrogens is 468 g/mol. The molecule has 0 N–H and O–H groups in total. The molecule has 0 amide bonds. The van der Waals surface area contributed by atoms with E-state index in [1.54, 1.807) is 0 Å². The molecule has 0 heterocycles. The highest BCUT2D eigenvalue weighted by molar-refractivity contribution is 5.70. The summed E-state index contributed by atoms with van der Waals surface area (Å²) in [6, 6.07) is 16.1. The molecule has 0 aromatic heterocycles. The Kier molecular flexibility index (Phi) is 11.9. The Morgan fingerprint density at radius 1 is 0.730 bits per heavy atom. The lowest BCUT2D eigenvalue weighted by Crippen LogP contribution is -2.28. The van der Waals surface area contributed by atoms with Gasteiger partial charge in [0.2, 0.25) is 0 Å². The normalized spacial score (nSPS) is 14.9. The van der Waals surface area contributed by atoms with Crippen molar-refractivity contribution in [3.8, 4) is 11.5 Å². The van der Waals surface area contributed by atoms with Crippen LogP contribution in [0.2, 0.25) is 0 Å². The Balaban J connectivity index is 2.26. The van der Waals surface area contributed by atoms with E-state index in [1.165, 1.54) is 0 Å². The fourth-order valence-corrected chi connectivity index (χ4v) is 4.02. The summed E-state index contributed by atoms with van der Waals surface area (Å²) >= 11 is 0. The van der Waals surface area contributed by atoms with E-state index >= 15 is 0 Å². The molecule has 6 nitrogen and oxygen atoms in total. The predicted octanol–water partition coefficient (Wildman–Crippen LogP) is 7.42. The van der Waals surface area contributed by atoms with Gasteiger partial charge in [-0.2, -0.15) is 0 Å². The smallest absolute Gasteiger partial charge is 0.306 e. The van der Waals surface area contributed by atoms with E-state index in [2.05, 4.69) is 45.0 Å². The van der Waals surface area contributed by atoms with Gasteiger partial charge in [0.05, 0.1) is 13.2 Å². The van der Waals surface area contributed by atoms with Crippen LogP contribution in [0.25, 0.3) is 0 Å². The van der Waals surface area contributed by atoms with Crippen LogP contribution in [0.15, 0.2) is 48.5 Å². The van der Waals surface area contributed by atoms with Crippen LogP contribution in [0.1, 0.15) is 92.2 Å². The summed E-state index contributed by atoms with van der Waals surface area (Å²) < 4.78 is 28.7. The van der Waals surface area contributed by atoms with Crippen LogP contribution in [-0.4, -0.2) is 37.4 Å². The molecule has 0 saturated heterocycles. The van der Waals surface area contributed by atoms with Crippen LogP contribution < -0.4 is 9.47 Å². The number of hydrogen-bond donors (Lipinski definition) is 0. The number of ether oxygens (including phenoxy) is 5. The zero-order valence-corrected chi connectivity index (χ0v) is 24.0. The first-order chi connectivity index (χ1) is 17.5. The van der Waals surface area contributed by atoms with Gasteiger partial charge in [0, 0.05) is 11.8 Å². The van der Waals surface area contributed by atoms with Crippen LogP contribution in [0, 0.1) is 0 Å². The first kappa shape index (κ1) is 30.7. The lowest BCUT2D eigenvalue weighted by molar-refractivity contribution is -0.155. The summed E-state index contributed by atoms with van der Waals surface area (Å²) in [5.41, 5.74) is 1.22. The Morgan fingerprint density at radius 2 is 1.14 bits per heavy atom. The minimum absolute atomic E-state index is 0.206. The average molecular weight is 515 g/mol. The monoisotopic (exact) mass is 514 g/mol. The lowest BCUT2D eigenvalue weighted by Gasteiger charge is -2.32. The molecule has 0 saturated carbocycles. The number of esters is 1. The second-order valence-corrected chi connectivity index (χ2v) is 10.6. The van der Waals surface area contributed by atoms with Crippen molar-refractivity contribution in [3.05, 3.63) is 59.7 Å². The Bertz CT molecular complexity index is 870. The maximum atomic E-state index is 12.6. The van der Waals surface area contributed by atoms with Crippen molar-refractivity contribution in [1.29, 1.82) is 0 Å². The third-order valence-corrected chi connectivity index (χ3v) is 5.95. The van der Waals surface area contributed by atoms with E-state index in [-0.39, 0.29) is 18.5 Å². The van der Waals surface area contributed by atoms with Gasteiger partial charge < -0.3 is 23.7 Å². The molecule has 2 aromatic carbocycles. The maximum Gasteiger partial charge on any atom is 0.306 e. The molecule has 2 rings (SSSR count). The van der Waals surface area contributed by atoms with Crippen LogP contribution in [0.5, 0.6) is 11.5 Å². The van der Waals surface area contributed by atoms with Gasteiger partial charge in [-0.3, -0.25) is 4.79 Å². The van der Waals surface area contributed by atoms with Crippen molar-refractivity contribution in [2.75, 3.05) is 13.2 Å². The third-order valence-electron chi connectivity index (χ3n) is 5.95. The minimum atomic E-state index is -0.515. The number of carbonyl (C=O) groups excluding carboxylic acids is 1. The summed E-state index contributed by atoms with van der Waals surface area (Å²) in [4.78, 5) is 12.6. The van der Waals surface area contributed by atoms with Crippen LogP contribution in [-0.2, 0) is 24.4 Å². The molecule has 6 heteroatoms. The van der Waals surface area contributed by atoms with Crippen molar-refractivity contribution < 1.29 is 28.5 Å². The molecule has 206 valence electrons. The number of hydrogen-bond acceptors (Lipinski definition) is 6. The molecule has 0 aliphatic carbocycles. The molecule has 0 spiro atoms. The predicted molar refractivity (Wildman–Crippen MR) is 147 cm³/mol. The zero-order valence-electron chi connectivity index (χ0n) is 24.0. The molecule has 2 atom stereocenters. The highest BCUT2D eigenvalue weighted by atomic mass is 16.7. The third kappa shape index (κ3) is 10.4. The zero-order chi connectivity index (χ0) is 27.5. The summed E-state index contributed by atoms with van der Waals surface area (Å²) in [6.45, 7) is 17.1. The molecule has 0 bridgehead atoms. The van der Waals surface area contributed by atoms with E-state index in [1.807, 2.05) is 58.9 Å². The van der Waals surface area contributed by atoms with Gasteiger partial charge in [-0.15, -0.1) is 0 Å². The van der Waals surface area contributed by atoms with Crippen LogP contribution in [0.3, 0.4) is 0 Å². The largest absolute Gasteiger partial charge is 0.465 e. The minimum Gasteiger partial charge on any atom is -0.465 e. The van der Waals surface area contributed by atoms with Crippen LogP contribution >= 0.6 is 0 Å². The lowest BCUT2D eigenvalue weighted by atomic mass is 9.73. The fraction of sp³-hybridized carbons (Fsp3) is 0.581. The Hall–Kier alpha value is -2.57. The maximum absolute atomic E-state index is 12.6. The fourth-order valence-electron chi connectivity index (χ4n) is 4.02. The van der Waals surface area contributed by atoms with Gasteiger partial charge in [-0.05, 0) is 89.3 Å². The van der Waals surface area contributed by atoms with Crippen molar-refractivity contribution in [3.63, 3.8) is 0 Å². The molecule has 0 aliphatic heterocycles. The highest BCUT2D eigenvalue weighted by Gasteiger charge is 2.31. The van der Waals surface area contributed by atoms with Crippen molar-refractivity contribution >= 4 is 5.97 Å². The molecule has 2 unspecified atom stereocenters. The first-order valence-electron chi connectivity index (χ1n) is 13.5. The van der Waals surface area contributed by atoms with Crippen LogP contribution in [0.4, 0.5) is 0 Å². The summed E-state index contributed by atoms with van der Waals surface area (Å²) in [5, 5.41) is 0. The number of carbonyl (C=O) groups is 1. The number of benzene rings is 2. The van der Waals surface area contributed by atoms with Crippen molar-refractivity contribution in [2.45, 2.75) is 105 Å². The first-order valence-corrected chi connectivity index (χ1v) is 13.5. The SMILES string of the molecule is CCCOC(C)Oc1ccc(C(C)(CCC(=O)OC(C)(C)C)c2ccc(OC(C)OCCC)cc2)cc1. The molecule has 0 aliphatic rings. The molecule has 0 radical (unpaired) electrons.